The number of aromatic nitrogens is 3. The molecule has 2 N–H and O–H groups in total. The number of imidazole rings is 1. The number of aromatic amines is 1. The zero-order valence-corrected chi connectivity index (χ0v) is 13.6. The van der Waals surface area contributed by atoms with Gasteiger partial charge in [0.15, 0.2) is 0 Å². The van der Waals surface area contributed by atoms with Crippen LogP contribution >= 0.6 is 0 Å². The highest BCUT2D eigenvalue weighted by atomic mass is 16.4. The molecule has 1 aliphatic rings. The van der Waals surface area contributed by atoms with Gasteiger partial charge in [-0.05, 0) is 29.9 Å². The Morgan fingerprint density at radius 3 is 2.60 bits per heavy atom. The third kappa shape index (κ3) is 2.88. The zero-order valence-electron chi connectivity index (χ0n) is 13.6. The highest BCUT2D eigenvalue weighted by Gasteiger charge is 2.23. The average molecular weight is 338 g/mol. The van der Waals surface area contributed by atoms with Crippen LogP contribution in [0.15, 0.2) is 47.5 Å². The molecule has 4 rings (SSSR count). The number of piperidine rings is 1. The topological polar surface area (TPSA) is 90.7 Å². The van der Waals surface area contributed by atoms with E-state index >= 15 is 0 Å². The highest BCUT2D eigenvalue weighted by molar-refractivity contribution is 5.65. The quantitative estimate of drug-likeness (QED) is 0.751. The molecule has 1 saturated heterocycles. The van der Waals surface area contributed by atoms with Crippen molar-refractivity contribution in [3.63, 3.8) is 0 Å². The second kappa shape index (κ2) is 6.08. The summed E-state index contributed by atoms with van der Waals surface area (Å²) in [6.45, 7) is 1.15. The molecule has 7 heteroatoms. The van der Waals surface area contributed by atoms with E-state index in [1.54, 1.807) is 12.4 Å². The molecule has 0 unspecified atom stereocenters. The SMILES string of the molecule is O=C(O)N1CCC(c2ccc(-c3cc4nccn4c(=O)[nH]3)cc2)CC1. The maximum atomic E-state index is 12.0. The van der Waals surface area contributed by atoms with Gasteiger partial charge >= 0.3 is 11.8 Å². The van der Waals surface area contributed by atoms with E-state index in [1.807, 2.05) is 18.2 Å². The van der Waals surface area contributed by atoms with Gasteiger partial charge in [0.25, 0.3) is 0 Å². The summed E-state index contributed by atoms with van der Waals surface area (Å²) >= 11 is 0. The summed E-state index contributed by atoms with van der Waals surface area (Å²) in [6, 6.07) is 9.95. The van der Waals surface area contributed by atoms with Crippen LogP contribution < -0.4 is 5.69 Å². The van der Waals surface area contributed by atoms with Crippen molar-refractivity contribution in [2.75, 3.05) is 13.1 Å². The number of rotatable bonds is 2. The maximum Gasteiger partial charge on any atom is 0.407 e. The molecule has 0 aliphatic carbocycles. The van der Waals surface area contributed by atoms with Crippen LogP contribution in [-0.4, -0.2) is 43.6 Å². The van der Waals surface area contributed by atoms with Crippen molar-refractivity contribution in [1.82, 2.24) is 19.3 Å². The van der Waals surface area contributed by atoms with Gasteiger partial charge in [-0.1, -0.05) is 24.3 Å². The lowest BCUT2D eigenvalue weighted by Gasteiger charge is -2.30. The largest absolute Gasteiger partial charge is 0.465 e. The number of hydrogen-bond acceptors (Lipinski definition) is 3. The Morgan fingerprint density at radius 1 is 1.20 bits per heavy atom. The molecule has 1 amide bonds. The molecule has 1 aliphatic heterocycles. The number of carboxylic acid groups (broad SMARTS) is 1. The van der Waals surface area contributed by atoms with Crippen LogP contribution in [0.4, 0.5) is 4.79 Å². The van der Waals surface area contributed by atoms with Gasteiger partial charge in [-0.25, -0.2) is 14.6 Å². The molecule has 3 aromatic rings. The monoisotopic (exact) mass is 338 g/mol. The van der Waals surface area contributed by atoms with Gasteiger partial charge in [-0.3, -0.25) is 4.40 Å². The molecular weight excluding hydrogens is 320 g/mol. The molecule has 128 valence electrons. The maximum absolute atomic E-state index is 12.0. The van der Waals surface area contributed by atoms with Gasteiger partial charge in [0.2, 0.25) is 0 Å². The van der Waals surface area contributed by atoms with E-state index in [-0.39, 0.29) is 5.69 Å². The number of fused-ring (bicyclic) bond motifs is 1. The second-order valence-electron chi connectivity index (χ2n) is 6.31. The van der Waals surface area contributed by atoms with E-state index in [0.717, 1.165) is 24.1 Å². The molecule has 0 spiro atoms. The Bertz CT molecular complexity index is 966. The summed E-state index contributed by atoms with van der Waals surface area (Å²) in [4.78, 5) is 31.5. The van der Waals surface area contributed by atoms with Gasteiger partial charge in [0.1, 0.15) is 5.65 Å². The molecule has 7 nitrogen and oxygen atoms in total. The molecule has 3 heterocycles. The number of hydrogen-bond donors (Lipinski definition) is 2. The smallest absolute Gasteiger partial charge is 0.407 e. The number of likely N-dealkylation sites (tertiary alicyclic amines) is 1. The number of carbonyl (C=O) groups is 1. The van der Waals surface area contributed by atoms with Crippen molar-refractivity contribution in [3.8, 4) is 11.3 Å². The fourth-order valence-electron chi connectivity index (χ4n) is 3.43. The van der Waals surface area contributed by atoms with E-state index in [0.29, 0.717) is 24.7 Å². The van der Waals surface area contributed by atoms with Crippen molar-refractivity contribution < 1.29 is 9.90 Å². The van der Waals surface area contributed by atoms with Gasteiger partial charge < -0.3 is 15.0 Å². The van der Waals surface area contributed by atoms with Crippen molar-refractivity contribution in [2.24, 2.45) is 0 Å². The van der Waals surface area contributed by atoms with E-state index < -0.39 is 6.09 Å². The van der Waals surface area contributed by atoms with Crippen LogP contribution in [0.1, 0.15) is 24.3 Å². The Labute approximate surface area is 143 Å². The molecule has 2 aromatic heterocycles. The Balaban J connectivity index is 1.55. The van der Waals surface area contributed by atoms with Gasteiger partial charge in [0, 0.05) is 31.5 Å². The van der Waals surface area contributed by atoms with Crippen molar-refractivity contribution >= 4 is 11.7 Å². The number of H-pyrrole nitrogens is 1. The van der Waals surface area contributed by atoms with Gasteiger partial charge in [-0.15, -0.1) is 0 Å². The summed E-state index contributed by atoms with van der Waals surface area (Å²) in [5.41, 5.74) is 3.27. The van der Waals surface area contributed by atoms with Gasteiger partial charge in [0.05, 0.1) is 5.69 Å². The summed E-state index contributed by atoms with van der Waals surface area (Å²) < 4.78 is 1.47. The first kappa shape index (κ1) is 15.4. The standard InChI is InChI=1S/C18H18N4O3/c23-17-20-15(11-16-19-7-10-22(16)17)14-3-1-12(2-4-14)13-5-8-21(9-6-13)18(24)25/h1-4,7,10-11,13H,5-6,8-9H2,(H,20,23)(H,24,25). The number of amides is 1. The lowest BCUT2D eigenvalue weighted by molar-refractivity contribution is 0.132. The highest BCUT2D eigenvalue weighted by Crippen LogP contribution is 2.29. The Morgan fingerprint density at radius 2 is 1.92 bits per heavy atom. The predicted molar refractivity (Wildman–Crippen MR) is 92.8 cm³/mol. The molecule has 0 bridgehead atoms. The first-order valence-electron chi connectivity index (χ1n) is 8.26. The fraction of sp³-hybridized carbons (Fsp3) is 0.278. The van der Waals surface area contributed by atoms with E-state index in [1.165, 1.54) is 14.9 Å². The Kier molecular flexibility index (Phi) is 3.76. The van der Waals surface area contributed by atoms with Crippen LogP contribution in [0.3, 0.4) is 0 Å². The van der Waals surface area contributed by atoms with Gasteiger partial charge in [-0.2, -0.15) is 0 Å². The zero-order chi connectivity index (χ0) is 17.4. The minimum atomic E-state index is -0.841. The third-order valence-electron chi connectivity index (χ3n) is 4.86. The van der Waals surface area contributed by atoms with Crippen molar-refractivity contribution in [2.45, 2.75) is 18.8 Å². The van der Waals surface area contributed by atoms with Crippen molar-refractivity contribution in [3.05, 3.63) is 58.8 Å². The van der Waals surface area contributed by atoms with Crippen LogP contribution in [-0.2, 0) is 0 Å². The summed E-state index contributed by atoms with van der Waals surface area (Å²) in [6.07, 6.45) is 4.06. The number of nitrogens with one attached hydrogen (secondary N) is 1. The van der Waals surface area contributed by atoms with E-state index in [2.05, 4.69) is 22.1 Å². The summed E-state index contributed by atoms with van der Waals surface area (Å²) in [5, 5.41) is 9.03. The minimum absolute atomic E-state index is 0.213. The lowest BCUT2D eigenvalue weighted by atomic mass is 9.89. The fourth-order valence-corrected chi connectivity index (χ4v) is 3.43. The third-order valence-corrected chi connectivity index (χ3v) is 4.86. The van der Waals surface area contributed by atoms with E-state index in [4.69, 9.17) is 5.11 Å². The molecule has 0 atom stereocenters. The normalized spacial score (nSPS) is 15.6. The molecular formula is C18H18N4O3. The van der Waals surface area contributed by atoms with Crippen LogP contribution in [0.25, 0.3) is 16.9 Å². The summed E-state index contributed by atoms with van der Waals surface area (Å²) in [5.74, 6) is 0.374. The molecule has 1 aromatic carbocycles. The van der Waals surface area contributed by atoms with Crippen LogP contribution in [0, 0.1) is 0 Å². The van der Waals surface area contributed by atoms with Crippen LogP contribution in [0.2, 0.25) is 0 Å². The summed E-state index contributed by atoms with van der Waals surface area (Å²) in [7, 11) is 0. The second-order valence-corrected chi connectivity index (χ2v) is 6.31. The van der Waals surface area contributed by atoms with E-state index in [9.17, 15) is 9.59 Å². The number of benzene rings is 1. The lowest BCUT2D eigenvalue weighted by Crippen LogP contribution is -2.36. The number of nitrogens with zero attached hydrogens (tertiary/aromatic N) is 3. The first-order valence-corrected chi connectivity index (χ1v) is 8.26. The average Bonchev–Trinajstić information content (AvgIpc) is 3.11. The molecule has 0 saturated carbocycles. The molecule has 1 fully saturated rings. The van der Waals surface area contributed by atoms with Crippen molar-refractivity contribution in [1.29, 1.82) is 0 Å². The first-order chi connectivity index (χ1) is 12.1. The molecule has 25 heavy (non-hydrogen) atoms. The molecule has 0 radical (unpaired) electrons. The minimum Gasteiger partial charge on any atom is -0.465 e. The Hall–Kier alpha value is -3.09. The predicted octanol–water partition coefficient (Wildman–Crippen LogP) is 2.55. The van der Waals surface area contributed by atoms with Crippen LogP contribution in [0.5, 0.6) is 0 Å².